The molecule has 4 fully saturated rings. The maximum atomic E-state index is 12.5. The molecule has 1 spiro atoms. The van der Waals surface area contributed by atoms with Crippen molar-refractivity contribution in [2.45, 2.75) is 79.1 Å². The molecule has 0 heterocycles. The first kappa shape index (κ1) is 14.3. The summed E-state index contributed by atoms with van der Waals surface area (Å²) in [5.41, 5.74) is 1.04. The third kappa shape index (κ3) is 1.67. The highest BCUT2D eigenvalue weighted by Gasteiger charge is 2.67. The van der Waals surface area contributed by atoms with Crippen LogP contribution in [0.15, 0.2) is 0 Å². The van der Waals surface area contributed by atoms with Crippen LogP contribution in [-0.4, -0.2) is 5.78 Å². The predicted molar refractivity (Wildman–Crippen MR) is 85.9 cm³/mol. The zero-order valence-electron chi connectivity index (χ0n) is 14.4. The van der Waals surface area contributed by atoms with Crippen molar-refractivity contribution in [3.63, 3.8) is 0 Å². The highest BCUT2D eigenvalue weighted by Crippen LogP contribution is 2.74. The van der Waals surface area contributed by atoms with Crippen molar-refractivity contribution < 1.29 is 4.79 Å². The number of carbonyl (C=O) groups excluding carboxylic acids is 1. The van der Waals surface area contributed by atoms with E-state index in [0.717, 1.165) is 36.5 Å². The number of hydrogen-bond donors (Lipinski definition) is 0. The van der Waals surface area contributed by atoms with Crippen molar-refractivity contribution in [3.05, 3.63) is 0 Å². The quantitative estimate of drug-likeness (QED) is 0.596. The number of Topliss-reactive ketones (excluding diaryl/α,β-unsaturated/α-hetero) is 1. The second-order valence-electron chi connectivity index (χ2n) is 10.00. The fraction of sp³-hybridized carbons (Fsp3) is 0.950. The van der Waals surface area contributed by atoms with E-state index in [1.54, 1.807) is 0 Å². The Kier molecular flexibility index (Phi) is 2.82. The first-order valence-corrected chi connectivity index (χ1v) is 9.30. The molecule has 6 atom stereocenters. The SMILES string of the molecule is C[C@@H]1CC[C@@]23C[C@@H]1C[C@@H]2CC[C@H]1C(C)(C)CC(=O)C[C@@]13C. The lowest BCUT2D eigenvalue weighted by Gasteiger charge is -2.64. The number of hydrogen-bond acceptors (Lipinski definition) is 1. The Morgan fingerprint density at radius 2 is 1.81 bits per heavy atom. The van der Waals surface area contributed by atoms with Gasteiger partial charge in [-0.25, -0.2) is 0 Å². The largest absolute Gasteiger partial charge is 0.300 e. The first-order valence-electron chi connectivity index (χ1n) is 9.30. The van der Waals surface area contributed by atoms with Crippen molar-refractivity contribution in [1.29, 1.82) is 0 Å². The Morgan fingerprint density at radius 1 is 1.05 bits per heavy atom. The summed E-state index contributed by atoms with van der Waals surface area (Å²) in [4.78, 5) is 12.5. The van der Waals surface area contributed by atoms with Crippen LogP contribution >= 0.6 is 0 Å². The fourth-order valence-electron chi connectivity index (χ4n) is 7.84. The zero-order chi connectivity index (χ0) is 15.0. The van der Waals surface area contributed by atoms with E-state index in [4.69, 9.17) is 0 Å². The smallest absolute Gasteiger partial charge is 0.134 e. The first-order chi connectivity index (χ1) is 9.78. The predicted octanol–water partition coefficient (Wildman–Crippen LogP) is 5.23. The summed E-state index contributed by atoms with van der Waals surface area (Å²) in [6.45, 7) is 9.76. The van der Waals surface area contributed by atoms with Crippen molar-refractivity contribution in [1.82, 2.24) is 0 Å². The molecule has 2 bridgehead atoms. The van der Waals surface area contributed by atoms with Gasteiger partial charge in [-0.2, -0.15) is 0 Å². The highest BCUT2D eigenvalue weighted by atomic mass is 16.1. The van der Waals surface area contributed by atoms with Crippen LogP contribution in [-0.2, 0) is 4.79 Å². The van der Waals surface area contributed by atoms with Gasteiger partial charge >= 0.3 is 0 Å². The van der Waals surface area contributed by atoms with E-state index in [0.29, 0.717) is 16.6 Å². The Bertz CT molecular complexity index is 478. The lowest BCUT2D eigenvalue weighted by Crippen LogP contribution is -2.59. The van der Waals surface area contributed by atoms with Gasteiger partial charge in [-0.3, -0.25) is 4.79 Å². The minimum Gasteiger partial charge on any atom is -0.300 e. The van der Waals surface area contributed by atoms with Crippen LogP contribution in [0, 0.1) is 39.9 Å². The molecule has 0 radical (unpaired) electrons. The maximum Gasteiger partial charge on any atom is 0.134 e. The summed E-state index contributed by atoms with van der Waals surface area (Å²) in [6, 6.07) is 0. The lowest BCUT2D eigenvalue weighted by molar-refractivity contribution is -0.170. The molecule has 4 aliphatic carbocycles. The number of rotatable bonds is 0. The molecule has 0 saturated heterocycles. The molecule has 1 heteroatoms. The standard InChI is InChI=1S/C20H32O/c1-13-7-8-20-10-14(13)9-15(20)5-6-17-18(2,3)11-16(21)12-19(17,20)4/h13-15,17H,5-12H2,1-4H3/t13-,14+,15+,17+,19+,20-/m1/s1. The molecule has 4 saturated carbocycles. The van der Waals surface area contributed by atoms with Gasteiger partial charge in [0.05, 0.1) is 0 Å². The van der Waals surface area contributed by atoms with E-state index in [1.165, 1.54) is 38.5 Å². The molecule has 0 aromatic carbocycles. The third-order valence-corrected chi connectivity index (χ3v) is 8.72. The molecule has 4 aliphatic rings. The monoisotopic (exact) mass is 288 g/mol. The Morgan fingerprint density at radius 3 is 2.57 bits per heavy atom. The summed E-state index contributed by atoms with van der Waals surface area (Å²) in [7, 11) is 0. The minimum absolute atomic E-state index is 0.227. The topological polar surface area (TPSA) is 17.1 Å². The summed E-state index contributed by atoms with van der Waals surface area (Å²) in [6.07, 6.45) is 10.3. The number of fused-ring (bicyclic) bond motifs is 2. The van der Waals surface area contributed by atoms with Crippen LogP contribution in [0.5, 0.6) is 0 Å². The third-order valence-electron chi connectivity index (χ3n) is 8.72. The molecule has 0 aliphatic heterocycles. The van der Waals surface area contributed by atoms with E-state index in [-0.39, 0.29) is 5.41 Å². The summed E-state index contributed by atoms with van der Waals surface area (Å²) in [5, 5.41) is 0. The van der Waals surface area contributed by atoms with E-state index < -0.39 is 0 Å². The Hall–Kier alpha value is -0.330. The van der Waals surface area contributed by atoms with Gasteiger partial charge < -0.3 is 0 Å². The van der Waals surface area contributed by atoms with Crippen LogP contribution in [0.1, 0.15) is 79.1 Å². The average molecular weight is 288 g/mol. The number of ketones is 1. The second kappa shape index (κ2) is 4.15. The van der Waals surface area contributed by atoms with E-state index >= 15 is 0 Å². The zero-order valence-corrected chi connectivity index (χ0v) is 14.4. The highest BCUT2D eigenvalue weighted by molar-refractivity contribution is 5.81. The fourth-order valence-corrected chi connectivity index (χ4v) is 7.84. The van der Waals surface area contributed by atoms with Crippen molar-refractivity contribution >= 4 is 5.78 Å². The molecule has 21 heavy (non-hydrogen) atoms. The van der Waals surface area contributed by atoms with Gasteiger partial charge in [0, 0.05) is 12.8 Å². The normalized spacial score (nSPS) is 55.0. The lowest BCUT2D eigenvalue weighted by atomic mass is 9.39. The van der Waals surface area contributed by atoms with Gasteiger partial charge in [0.1, 0.15) is 5.78 Å². The van der Waals surface area contributed by atoms with Crippen LogP contribution < -0.4 is 0 Å². The van der Waals surface area contributed by atoms with Gasteiger partial charge in [-0.05, 0) is 78.4 Å². The minimum atomic E-state index is 0.227. The van der Waals surface area contributed by atoms with Crippen molar-refractivity contribution in [2.75, 3.05) is 0 Å². The molecule has 0 aromatic rings. The van der Waals surface area contributed by atoms with E-state index in [2.05, 4.69) is 27.7 Å². The molecule has 4 rings (SSSR count). The molecule has 1 nitrogen and oxygen atoms in total. The van der Waals surface area contributed by atoms with Gasteiger partial charge in [-0.15, -0.1) is 0 Å². The summed E-state index contributed by atoms with van der Waals surface area (Å²) < 4.78 is 0. The Labute approximate surface area is 130 Å². The molecule has 0 aromatic heterocycles. The van der Waals surface area contributed by atoms with Gasteiger partial charge in [0.15, 0.2) is 0 Å². The van der Waals surface area contributed by atoms with E-state index in [9.17, 15) is 4.79 Å². The van der Waals surface area contributed by atoms with Crippen LogP contribution in [0.3, 0.4) is 0 Å². The van der Waals surface area contributed by atoms with Gasteiger partial charge in [-0.1, -0.05) is 27.7 Å². The summed E-state index contributed by atoms with van der Waals surface area (Å²) in [5.74, 6) is 4.13. The summed E-state index contributed by atoms with van der Waals surface area (Å²) >= 11 is 0. The molecular weight excluding hydrogens is 256 g/mol. The van der Waals surface area contributed by atoms with Crippen LogP contribution in [0.4, 0.5) is 0 Å². The molecule has 0 N–H and O–H groups in total. The van der Waals surface area contributed by atoms with Crippen LogP contribution in [0.25, 0.3) is 0 Å². The Balaban J connectivity index is 1.80. The van der Waals surface area contributed by atoms with Crippen LogP contribution in [0.2, 0.25) is 0 Å². The molecular formula is C20H32O. The van der Waals surface area contributed by atoms with Crippen molar-refractivity contribution in [3.8, 4) is 0 Å². The molecule has 0 unspecified atom stereocenters. The molecule has 0 amide bonds. The van der Waals surface area contributed by atoms with Gasteiger partial charge in [0.2, 0.25) is 0 Å². The van der Waals surface area contributed by atoms with Gasteiger partial charge in [0.25, 0.3) is 0 Å². The van der Waals surface area contributed by atoms with Crippen molar-refractivity contribution in [2.24, 2.45) is 39.9 Å². The molecule has 118 valence electrons. The van der Waals surface area contributed by atoms with E-state index in [1.807, 2.05) is 0 Å². The number of carbonyl (C=O) groups is 1. The maximum absolute atomic E-state index is 12.5. The second-order valence-corrected chi connectivity index (χ2v) is 10.00. The average Bonchev–Trinajstić information content (AvgIpc) is 2.69.